The van der Waals surface area contributed by atoms with Crippen LogP contribution in [0.2, 0.25) is 0 Å². The molecular formula is C8H5NO4S. The van der Waals surface area contributed by atoms with E-state index in [0.717, 1.165) is 0 Å². The third kappa shape index (κ3) is 0.912. The molecule has 0 aliphatic carbocycles. The number of nitrogens with one attached hydrogen (secondary N) is 1. The zero-order valence-electron chi connectivity index (χ0n) is 6.85. The van der Waals surface area contributed by atoms with E-state index in [4.69, 9.17) is 8.60 Å². The Balaban J connectivity index is 2.36. The van der Waals surface area contributed by atoms with Crippen molar-refractivity contribution in [2.75, 3.05) is 4.72 Å². The van der Waals surface area contributed by atoms with Crippen LogP contribution < -0.4 is 8.91 Å². The molecule has 14 heavy (non-hydrogen) atoms. The monoisotopic (exact) mass is 211 g/mol. The SMILES string of the molecule is O=S1(=O)Nc2oc3ccccc3c2O1. The van der Waals surface area contributed by atoms with Crippen molar-refractivity contribution in [2.45, 2.75) is 0 Å². The van der Waals surface area contributed by atoms with Crippen LogP contribution in [-0.2, 0) is 10.3 Å². The molecule has 3 rings (SSSR count). The van der Waals surface area contributed by atoms with Gasteiger partial charge in [0.2, 0.25) is 5.75 Å². The molecule has 1 aromatic carbocycles. The zero-order chi connectivity index (χ0) is 9.76. The van der Waals surface area contributed by atoms with Gasteiger partial charge in [0.1, 0.15) is 5.58 Å². The molecule has 0 fully saturated rings. The second-order valence-corrected chi connectivity index (χ2v) is 4.18. The van der Waals surface area contributed by atoms with Gasteiger partial charge in [0.25, 0.3) is 5.88 Å². The average Bonchev–Trinajstić information content (AvgIpc) is 2.56. The highest BCUT2D eigenvalue weighted by Crippen LogP contribution is 2.42. The first kappa shape index (κ1) is 7.69. The van der Waals surface area contributed by atoms with Crippen molar-refractivity contribution in [1.29, 1.82) is 0 Å². The molecule has 1 aliphatic rings. The molecule has 1 aromatic heterocycles. The van der Waals surface area contributed by atoms with Gasteiger partial charge in [-0.15, -0.1) is 0 Å². The van der Waals surface area contributed by atoms with Gasteiger partial charge in [-0.25, -0.2) is 4.72 Å². The number of rotatable bonds is 0. The van der Waals surface area contributed by atoms with Crippen molar-refractivity contribution in [1.82, 2.24) is 0 Å². The maximum absolute atomic E-state index is 11.0. The lowest BCUT2D eigenvalue weighted by Gasteiger charge is -1.94. The van der Waals surface area contributed by atoms with E-state index in [1.54, 1.807) is 24.3 Å². The number of benzene rings is 1. The van der Waals surface area contributed by atoms with Crippen LogP contribution in [0.4, 0.5) is 5.88 Å². The number of hydrogen-bond donors (Lipinski definition) is 1. The summed E-state index contributed by atoms with van der Waals surface area (Å²) in [6.07, 6.45) is 0. The van der Waals surface area contributed by atoms with Gasteiger partial charge in [-0.2, -0.15) is 8.42 Å². The van der Waals surface area contributed by atoms with E-state index in [2.05, 4.69) is 4.72 Å². The van der Waals surface area contributed by atoms with Crippen LogP contribution in [-0.4, -0.2) is 8.42 Å². The molecule has 6 heteroatoms. The first-order valence-corrected chi connectivity index (χ1v) is 5.30. The van der Waals surface area contributed by atoms with Crippen LogP contribution in [0.1, 0.15) is 0 Å². The Morgan fingerprint density at radius 3 is 2.86 bits per heavy atom. The summed E-state index contributed by atoms with van der Waals surface area (Å²) < 4.78 is 34.1. The normalized spacial score (nSPS) is 17.4. The molecule has 5 nitrogen and oxygen atoms in total. The zero-order valence-corrected chi connectivity index (χ0v) is 7.67. The van der Waals surface area contributed by atoms with Crippen molar-refractivity contribution >= 4 is 27.2 Å². The van der Waals surface area contributed by atoms with Crippen LogP contribution in [0.5, 0.6) is 5.75 Å². The van der Waals surface area contributed by atoms with E-state index < -0.39 is 10.3 Å². The molecule has 0 bridgehead atoms. The summed E-state index contributed by atoms with van der Waals surface area (Å²) in [6, 6.07) is 7.06. The van der Waals surface area contributed by atoms with Gasteiger partial charge in [0, 0.05) is 0 Å². The predicted octanol–water partition coefficient (Wildman–Crippen LogP) is 1.48. The molecule has 1 aliphatic heterocycles. The Morgan fingerprint density at radius 2 is 2.00 bits per heavy atom. The maximum Gasteiger partial charge on any atom is 0.410 e. The second kappa shape index (κ2) is 2.21. The molecule has 72 valence electrons. The third-order valence-corrected chi connectivity index (χ3v) is 2.78. The largest absolute Gasteiger partial charge is 0.436 e. The highest BCUT2D eigenvalue weighted by molar-refractivity contribution is 7.88. The van der Waals surface area contributed by atoms with Crippen molar-refractivity contribution in [2.24, 2.45) is 0 Å². The van der Waals surface area contributed by atoms with Crippen molar-refractivity contribution in [3.63, 3.8) is 0 Å². The smallest absolute Gasteiger partial charge is 0.410 e. The second-order valence-electron chi connectivity index (χ2n) is 2.90. The summed E-state index contributed by atoms with van der Waals surface area (Å²) >= 11 is 0. The molecule has 0 radical (unpaired) electrons. The number of furan rings is 1. The lowest BCUT2D eigenvalue weighted by molar-refractivity contribution is 0.505. The van der Waals surface area contributed by atoms with E-state index >= 15 is 0 Å². The molecular weight excluding hydrogens is 206 g/mol. The third-order valence-electron chi connectivity index (χ3n) is 1.96. The summed E-state index contributed by atoms with van der Waals surface area (Å²) in [5.41, 5.74) is 0.597. The molecule has 0 spiro atoms. The standard InChI is InChI=1S/C8H5NO4S/c10-14(11)9-8-7(13-14)5-3-1-2-4-6(5)12-8/h1-4,9H. The van der Waals surface area contributed by atoms with Crippen LogP contribution in [0, 0.1) is 0 Å². The Labute approximate surface area is 79.5 Å². The summed E-state index contributed by atoms with van der Waals surface area (Å²) in [7, 11) is -3.70. The van der Waals surface area contributed by atoms with E-state index in [-0.39, 0.29) is 11.6 Å². The topological polar surface area (TPSA) is 68.5 Å². The molecule has 2 aromatic rings. The summed E-state index contributed by atoms with van der Waals surface area (Å²) in [6.45, 7) is 0. The minimum atomic E-state index is -3.70. The minimum Gasteiger partial charge on any atom is -0.436 e. The Hall–Kier alpha value is -1.69. The fourth-order valence-electron chi connectivity index (χ4n) is 1.42. The van der Waals surface area contributed by atoms with Gasteiger partial charge in [-0.05, 0) is 12.1 Å². The fourth-order valence-corrected chi connectivity index (χ4v) is 2.20. The van der Waals surface area contributed by atoms with Crippen LogP contribution in [0.3, 0.4) is 0 Å². The van der Waals surface area contributed by atoms with E-state index in [1.165, 1.54) is 0 Å². The van der Waals surface area contributed by atoms with Gasteiger partial charge in [0.15, 0.2) is 0 Å². The lowest BCUT2D eigenvalue weighted by Crippen LogP contribution is -2.11. The van der Waals surface area contributed by atoms with Crippen LogP contribution in [0.15, 0.2) is 28.7 Å². The van der Waals surface area contributed by atoms with Crippen molar-refractivity contribution < 1.29 is 17.0 Å². The quantitative estimate of drug-likeness (QED) is 0.716. The van der Waals surface area contributed by atoms with Gasteiger partial charge >= 0.3 is 10.3 Å². The van der Waals surface area contributed by atoms with Gasteiger partial charge in [-0.1, -0.05) is 12.1 Å². The molecule has 0 atom stereocenters. The summed E-state index contributed by atoms with van der Waals surface area (Å²) in [4.78, 5) is 0. The number of anilines is 1. The average molecular weight is 211 g/mol. The van der Waals surface area contributed by atoms with E-state index in [9.17, 15) is 8.42 Å². The summed E-state index contributed by atoms with van der Waals surface area (Å²) in [5, 5.41) is 0.649. The maximum atomic E-state index is 11.0. The van der Waals surface area contributed by atoms with Gasteiger partial charge < -0.3 is 8.60 Å². The minimum absolute atomic E-state index is 0.145. The van der Waals surface area contributed by atoms with Gasteiger partial charge in [-0.3, -0.25) is 0 Å². The summed E-state index contributed by atoms with van der Waals surface area (Å²) in [5.74, 6) is 0.381. The van der Waals surface area contributed by atoms with Crippen molar-refractivity contribution in [3.8, 4) is 5.75 Å². The lowest BCUT2D eigenvalue weighted by atomic mass is 10.2. The first-order chi connectivity index (χ1) is 6.66. The molecule has 0 saturated heterocycles. The molecule has 0 unspecified atom stereocenters. The fraction of sp³-hybridized carbons (Fsp3) is 0. The Kier molecular flexibility index (Phi) is 1.22. The number of hydrogen-bond acceptors (Lipinski definition) is 4. The molecule has 0 amide bonds. The number of fused-ring (bicyclic) bond motifs is 3. The van der Waals surface area contributed by atoms with Gasteiger partial charge in [0.05, 0.1) is 5.39 Å². The Morgan fingerprint density at radius 1 is 1.21 bits per heavy atom. The van der Waals surface area contributed by atoms with Crippen LogP contribution in [0.25, 0.3) is 11.0 Å². The van der Waals surface area contributed by atoms with E-state index in [0.29, 0.717) is 11.0 Å². The molecule has 1 N–H and O–H groups in total. The number of para-hydroxylation sites is 1. The van der Waals surface area contributed by atoms with Crippen LogP contribution >= 0.6 is 0 Å². The Bertz CT molecular complexity index is 613. The predicted molar refractivity (Wildman–Crippen MR) is 49.4 cm³/mol. The first-order valence-electron chi connectivity index (χ1n) is 3.89. The molecule has 2 heterocycles. The van der Waals surface area contributed by atoms with E-state index in [1.807, 2.05) is 0 Å². The van der Waals surface area contributed by atoms with Crippen molar-refractivity contribution in [3.05, 3.63) is 24.3 Å². The highest BCUT2D eigenvalue weighted by Gasteiger charge is 2.31. The highest BCUT2D eigenvalue weighted by atomic mass is 32.2. The molecule has 0 saturated carbocycles.